The van der Waals surface area contributed by atoms with E-state index in [4.69, 9.17) is 0 Å². The molecule has 0 spiro atoms. The van der Waals surface area contributed by atoms with Gasteiger partial charge in [0.1, 0.15) is 0 Å². The largest absolute Gasteiger partial charge is 0.310 e. The van der Waals surface area contributed by atoms with Crippen LogP contribution in [0.3, 0.4) is 0 Å². The Morgan fingerprint density at radius 2 is 1.13 bits per heavy atom. The Morgan fingerprint density at radius 1 is 0.462 bits per heavy atom. The van der Waals surface area contributed by atoms with Gasteiger partial charge in [0.15, 0.2) is 0 Å². The summed E-state index contributed by atoms with van der Waals surface area (Å²) >= 11 is 0. The van der Waals surface area contributed by atoms with Gasteiger partial charge >= 0.3 is 0 Å². The van der Waals surface area contributed by atoms with E-state index in [-0.39, 0.29) is 5.41 Å². The summed E-state index contributed by atoms with van der Waals surface area (Å²) in [5.41, 5.74) is 17.0. The van der Waals surface area contributed by atoms with E-state index >= 15 is 0 Å². The number of benzene rings is 8. The van der Waals surface area contributed by atoms with Crippen molar-refractivity contribution < 1.29 is 0 Å². The van der Waals surface area contributed by atoms with Gasteiger partial charge in [0.25, 0.3) is 0 Å². The molecule has 0 heterocycles. The van der Waals surface area contributed by atoms with Crippen LogP contribution in [-0.4, -0.2) is 0 Å². The van der Waals surface area contributed by atoms with Crippen molar-refractivity contribution in [3.05, 3.63) is 186 Å². The average Bonchev–Trinajstić information content (AvgIpc) is 3.44. The first kappa shape index (κ1) is 30.9. The maximum Gasteiger partial charge on any atom is 0.0546 e. The first-order chi connectivity index (χ1) is 25.6. The first-order valence-electron chi connectivity index (χ1n) is 18.8. The van der Waals surface area contributed by atoms with Crippen LogP contribution >= 0.6 is 0 Å². The summed E-state index contributed by atoms with van der Waals surface area (Å²) < 4.78 is 0. The van der Waals surface area contributed by atoms with Crippen molar-refractivity contribution in [1.82, 2.24) is 0 Å². The Morgan fingerprint density at radius 3 is 1.92 bits per heavy atom. The summed E-state index contributed by atoms with van der Waals surface area (Å²) in [5, 5.41) is 5.12. The van der Waals surface area contributed by atoms with Gasteiger partial charge in [-0.1, -0.05) is 147 Å². The summed E-state index contributed by atoms with van der Waals surface area (Å²) in [7, 11) is 0. The molecule has 250 valence electrons. The third kappa shape index (κ3) is 4.83. The molecule has 0 aromatic heterocycles. The quantitative estimate of drug-likeness (QED) is 0.177. The highest BCUT2D eigenvalue weighted by Crippen LogP contribution is 2.53. The molecule has 10 rings (SSSR count). The summed E-state index contributed by atoms with van der Waals surface area (Å²) in [6.45, 7) is 4.78. The fourth-order valence-corrected chi connectivity index (χ4v) is 9.26. The van der Waals surface area contributed by atoms with Gasteiger partial charge in [-0.3, -0.25) is 0 Å². The zero-order chi connectivity index (χ0) is 34.8. The number of aryl methyl sites for hydroxylation is 1. The van der Waals surface area contributed by atoms with Gasteiger partial charge in [0.05, 0.1) is 5.69 Å². The number of nitrogens with zero attached hydrogens (tertiary/aromatic N) is 1. The molecule has 0 unspecified atom stereocenters. The lowest BCUT2D eigenvalue weighted by atomic mass is 9.82. The van der Waals surface area contributed by atoms with Crippen LogP contribution in [0.25, 0.3) is 54.9 Å². The Hall–Kier alpha value is -5.92. The number of hydrogen-bond acceptors (Lipinski definition) is 1. The minimum absolute atomic E-state index is 0.141. The molecular formula is C51H41N. The van der Waals surface area contributed by atoms with Crippen LogP contribution in [-0.2, 0) is 18.3 Å². The molecule has 0 aliphatic heterocycles. The molecule has 0 saturated heterocycles. The Balaban J connectivity index is 1.19. The van der Waals surface area contributed by atoms with Crippen molar-refractivity contribution in [2.75, 3.05) is 4.90 Å². The molecule has 0 radical (unpaired) electrons. The smallest absolute Gasteiger partial charge is 0.0546 e. The van der Waals surface area contributed by atoms with Crippen LogP contribution in [0.2, 0.25) is 0 Å². The highest BCUT2D eigenvalue weighted by Gasteiger charge is 2.37. The molecule has 8 aromatic carbocycles. The molecule has 0 saturated carbocycles. The van der Waals surface area contributed by atoms with Gasteiger partial charge < -0.3 is 4.90 Å². The van der Waals surface area contributed by atoms with E-state index in [9.17, 15) is 0 Å². The second-order valence-electron chi connectivity index (χ2n) is 15.1. The zero-order valence-electron chi connectivity index (χ0n) is 29.9. The van der Waals surface area contributed by atoms with E-state index in [1.165, 1.54) is 114 Å². The standard InChI is InChI=1S/C51H41N/c1-51(2)46-31-25-35-14-8-11-21-44(35)50(46)45-30-29-40(33-47(45)51)52(39-27-23-37(24-28-39)42-22-12-18-34-13-6-9-19-41(34)42)48-32-26-36-15-7-10-20-43(36)49(48)38-16-4-3-5-17-38/h3-5,7-8,10-12,14-18,20-33H,6,9,13,19H2,1-2H3. The number of rotatable bonds is 5. The van der Waals surface area contributed by atoms with Crippen LogP contribution in [0.15, 0.2) is 164 Å². The minimum Gasteiger partial charge on any atom is -0.310 e. The molecule has 0 atom stereocenters. The lowest BCUT2D eigenvalue weighted by Crippen LogP contribution is -2.17. The fourth-order valence-electron chi connectivity index (χ4n) is 9.26. The molecule has 1 nitrogen and oxygen atoms in total. The predicted molar refractivity (Wildman–Crippen MR) is 221 cm³/mol. The molecule has 1 heteroatoms. The van der Waals surface area contributed by atoms with Crippen LogP contribution < -0.4 is 4.90 Å². The summed E-state index contributed by atoms with van der Waals surface area (Å²) in [6, 6.07) is 61.2. The maximum absolute atomic E-state index is 2.50. The minimum atomic E-state index is -0.141. The lowest BCUT2D eigenvalue weighted by Gasteiger charge is -2.30. The number of hydrogen-bond donors (Lipinski definition) is 0. The van der Waals surface area contributed by atoms with E-state index in [1.54, 1.807) is 0 Å². The predicted octanol–water partition coefficient (Wildman–Crippen LogP) is 14.0. The van der Waals surface area contributed by atoms with Crippen molar-refractivity contribution in [2.45, 2.75) is 44.9 Å². The fraction of sp³-hybridized carbons (Fsp3) is 0.137. The van der Waals surface area contributed by atoms with E-state index in [2.05, 4.69) is 183 Å². The van der Waals surface area contributed by atoms with Gasteiger partial charge in [-0.25, -0.2) is 0 Å². The molecule has 0 N–H and O–H groups in total. The first-order valence-corrected chi connectivity index (χ1v) is 18.8. The van der Waals surface area contributed by atoms with Crippen molar-refractivity contribution in [3.8, 4) is 33.4 Å². The summed E-state index contributed by atoms with van der Waals surface area (Å²) in [6.07, 6.45) is 4.92. The van der Waals surface area contributed by atoms with Gasteiger partial charge in [-0.05, 0) is 128 Å². The van der Waals surface area contributed by atoms with Crippen LogP contribution in [0.5, 0.6) is 0 Å². The normalized spacial score (nSPS) is 14.2. The van der Waals surface area contributed by atoms with E-state index < -0.39 is 0 Å². The highest BCUT2D eigenvalue weighted by molar-refractivity contribution is 6.06. The Labute approximate surface area is 306 Å². The van der Waals surface area contributed by atoms with Crippen molar-refractivity contribution in [1.29, 1.82) is 0 Å². The van der Waals surface area contributed by atoms with Crippen molar-refractivity contribution in [3.63, 3.8) is 0 Å². The average molecular weight is 668 g/mol. The molecule has 0 bridgehead atoms. The SMILES string of the molecule is CC1(C)c2cc(N(c3ccc(-c4cccc5c4CCCC5)cc3)c3ccc4ccccc4c3-c3ccccc3)ccc2-c2c1ccc1ccccc21. The van der Waals surface area contributed by atoms with Gasteiger partial charge in [-0.2, -0.15) is 0 Å². The van der Waals surface area contributed by atoms with E-state index in [0.717, 1.165) is 5.69 Å². The lowest BCUT2D eigenvalue weighted by molar-refractivity contribution is 0.661. The van der Waals surface area contributed by atoms with E-state index in [1.807, 2.05) is 0 Å². The number of anilines is 3. The third-order valence-corrected chi connectivity index (χ3v) is 11.8. The highest BCUT2D eigenvalue weighted by atomic mass is 15.1. The topological polar surface area (TPSA) is 3.24 Å². The molecule has 2 aliphatic rings. The van der Waals surface area contributed by atoms with E-state index in [0.29, 0.717) is 0 Å². The Kier molecular flexibility index (Phi) is 7.18. The molecule has 0 amide bonds. The molecular weight excluding hydrogens is 627 g/mol. The number of fused-ring (bicyclic) bond motifs is 7. The molecule has 0 fully saturated rings. The van der Waals surface area contributed by atoms with Crippen LogP contribution in [0.4, 0.5) is 17.1 Å². The van der Waals surface area contributed by atoms with Crippen LogP contribution in [0, 0.1) is 0 Å². The third-order valence-electron chi connectivity index (χ3n) is 11.8. The van der Waals surface area contributed by atoms with Crippen molar-refractivity contribution >= 4 is 38.6 Å². The van der Waals surface area contributed by atoms with Gasteiger partial charge in [0, 0.05) is 22.4 Å². The zero-order valence-corrected chi connectivity index (χ0v) is 29.9. The molecule has 8 aromatic rings. The second-order valence-corrected chi connectivity index (χ2v) is 15.1. The van der Waals surface area contributed by atoms with Gasteiger partial charge in [-0.15, -0.1) is 0 Å². The molecule has 52 heavy (non-hydrogen) atoms. The second kappa shape index (κ2) is 12.1. The Bertz CT molecular complexity index is 2650. The summed E-state index contributed by atoms with van der Waals surface area (Å²) in [5.74, 6) is 0. The summed E-state index contributed by atoms with van der Waals surface area (Å²) in [4.78, 5) is 2.50. The molecule has 2 aliphatic carbocycles. The maximum atomic E-state index is 2.50. The van der Waals surface area contributed by atoms with Crippen molar-refractivity contribution in [2.24, 2.45) is 0 Å². The van der Waals surface area contributed by atoms with Crippen LogP contribution in [0.1, 0.15) is 48.9 Å². The van der Waals surface area contributed by atoms with Gasteiger partial charge in [0.2, 0.25) is 0 Å². The monoisotopic (exact) mass is 667 g/mol.